The lowest BCUT2D eigenvalue weighted by atomic mass is 9.96. The molecule has 0 radical (unpaired) electrons. The van der Waals surface area contributed by atoms with E-state index < -0.39 is 0 Å². The van der Waals surface area contributed by atoms with Crippen LogP contribution in [0.2, 0.25) is 0 Å². The Morgan fingerprint density at radius 2 is 2.00 bits per heavy atom. The van der Waals surface area contributed by atoms with Crippen molar-refractivity contribution < 1.29 is 4.74 Å². The zero-order valence-corrected chi connectivity index (χ0v) is 13.7. The molecule has 0 aromatic heterocycles. The minimum absolute atomic E-state index is 0.469. The third-order valence-corrected chi connectivity index (χ3v) is 4.42. The van der Waals surface area contributed by atoms with Gasteiger partial charge in [0, 0.05) is 12.6 Å². The molecule has 1 aliphatic heterocycles. The van der Waals surface area contributed by atoms with Gasteiger partial charge < -0.3 is 10.1 Å². The van der Waals surface area contributed by atoms with E-state index in [2.05, 4.69) is 43.4 Å². The van der Waals surface area contributed by atoms with Crippen LogP contribution in [0.15, 0.2) is 24.3 Å². The van der Waals surface area contributed by atoms with E-state index in [4.69, 9.17) is 4.74 Å². The molecule has 2 unspecified atom stereocenters. The molecule has 1 aromatic carbocycles. The molecule has 2 heteroatoms. The van der Waals surface area contributed by atoms with Gasteiger partial charge >= 0.3 is 0 Å². The van der Waals surface area contributed by atoms with Crippen LogP contribution in [0.1, 0.15) is 69.5 Å². The smallest absolute Gasteiger partial charge is 0.0575 e. The minimum atomic E-state index is 0.469. The summed E-state index contributed by atoms with van der Waals surface area (Å²) in [5.41, 5.74) is 2.87. The molecule has 118 valence electrons. The lowest BCUT2D eigenvalue weighted by molar-refractivity contribution is 0.00856. The van der Waals surface area contributed by atoms with Crippen molar-refractivity contribution in [3.05, 3.63) is 35.4 Å². The molecule has 1 N–H and O–H groups in total. The van der Waals surface area contributed by atoms with Gasteiger partial charge in [-0.05, 0) is 56.2 Å². The summed E-state index contributed by atoms with van der Waals surface area (Å²) in [6.07, 6.45) is 9.05. The second kappa shape index (κ2) is 9.22. The predicted octanol–water partition coefficient (Wildman–Crippen LogP) is 4.64. The molecule has 0 bridgehead atoms. The highest BCUT2D eigenvalue weighted by atomic mass is 16.5. The predicted molar refractivity (Wildman–Crippen MR) is 89.7 cm³/mol. The summed E-state index contributed by atoms with van der Waals surface area (Å²) in [5, 5.41) is 3.63. The maximum Gasteiger partial charge on any atom is 0.0575 e. The van der Waals surface area contributed by atoms with Gasteiger partial charge in [0.1, 0.15) is 0 Å². The molecule has 0 aliphatic carbocycles. The van der Waals surface area contributed by atoms with Crippen molar-refractivity contribution >= 4 is 0 Å². The Hall–Kier alpha value is -0.860. The molecule has 2 rings (SSSR count). The van der Waals surface area contributed by atoms with Crippen LogP contribution in [0, 0.1) is 0 Å². The SMILES string of the molecule is CCCc1ccc(C(CCC2CCCCO2)NCC)cc1. The zero-order chi connectivity index (χ0) is 14.9. The van der Waals surface area contributed by atoms with Gasteiger partial charge in [0.2, 0.25) is 0 Å². The first-order valence-corrected chi connectivity index (χ1v) is 8.77. The molecule has 1 saturated heterocycles. The minimum Gasteiger partial charge on any atom is -0.378 e. The third kappa shape index (κ3) is 5.44. The summed E-state index contributed by atoms with van der Waals surface area (Å²) in [6, 6.07) is 9.66. The lowest BCUT2D eigenvalue weighted by Crippen LogP contribution is -2.25. The zero-order valence-electron chi connectivity index (χ0n) is 13.7. The summed E-state index contributed by atoms with van der Waals surface area (Å²) in [6.45, 7) is 6.41. The van der Waals surface area contributed by atoms with E-state index in [0.29, 0.717) is 12.1 Å². The fourth-order valence-corrected chi connectivity index (χ4v) is 3.23. The van der Waals surface area contributed by atoms with Crippen molar-refractivity contribution in [2.24, 2.45) is 0 Å². The number of benzene rings is 1. The van der Waals surface area contributed by atoms with Crippen LogP contribution >= 0.6 is 0 Å². The van der Waals surface area contributed by atoms with E-state index in [1.165, 1.54) is 56.1 Å². The van der Waals surface area contributed by atoms with Crippen LogP contribution < -0.4 is 5.32 Å². The molecule has 1 aliphatic rings. The Bertz CT molecular complexity index is 381. The number of hydrogen-bond donors (Lipinski definition) is 1. The number of nitrogens with one attached hydrogen (secondary N) is 1. The Morgan fingerprint density at radius 3 is 2.62 bits per heavy atom. The van der Waals surface area contributed by atoms with Gasteiger partial charge in [-0.25, -0.2) is 0 Å². The summed E-state index contributed by atoms with van der Waals surface area (Å²) in [4.78, 5) is 0. The number of hydrogen-bond acceptors (Lipinski definition) is 2. The fourth-order valence-electron chi connectivity index (χ4n) is 3.23. The van der Waals surface area contributed by atoms with Crippen molar-refractivity contribution in [1.29, 1.82) is 0 Å². The molecule has 21 heavy (non-hydrogen) atoms. The van der Waals surface area contributed by atoms with Crippen LogP contribution in [0.3, 0.4) is 0 Å². The lowest BCUT2D eigenvalue weighted by Gasteiger charge is -2.25. The van der Waals surface area contributed by atoms with Crippen LogP contribution in [0.5, 0.6) is 0 Å². The molecule has 2 atom stereocenters. The molecule has 1 heterocycles. The highest BCUT2D eigenvalue weighted by Crippen LogP contribution is 2.24. The average Bonchev–Trinajstić information content (AvgIpc) is 2.54. The molecule has 1 aromatic rings. The van der Waals surface area contributed by atoms with E-state index in [1.54, 1.807) is 0 Å². The first-order chi connectivity index (χ1) is 10.3. The largest absolute Gasteiger partial charge is 0.378 e. The van der Waals surface area contributed by atoms with Crippen molar-refractivity contribution in [2.75, 3.05) is 13.2 Å². The monoisotopic (exact) mass is 289 g/mol. The maximum atomic E-state index is 5.87. The van der Waals surface area contributed by atoms with Gasteiger partial charge in [-0.15, -0.1) is 0 Å². The van der Waals surface area contributed by atoms with E-state index >= 15 is 0 Å². The Labute approximate surface area is 130 Å². The summed E-state index contributed by atoms with van der Waals surface area (Å²) in [7, 11) is 0. The topological polar surface area (TPSA) is 21.3 Å². The molecule has 0 saturated carbocycles. The van der Waals surface area contributed by atoms with Crippen molar-refractivity contribution in [1.82, 2.24) is 5.32 Å². The van der Waals surface area contributed by atoms with Crippen LogP contribution in [0.25, 0.3) is 0 Å². The van der Waals surface area contributed by atoms with Crippen LogP contribution in [-0.2, 0) is 11.2 Å². The maximum absolute atomic E-state index is 5.87. The van der Waals surface area contributed by atoms with Crippen molar-refractivity contribution in [2.45, 2.75) is 70.9 Å². The Balaban J connectivity index is 1.90. The summed E-state index contributed by atoms with van der Waals surface area (Å²) in [5.74, 6) is 0. The summed E-state index contributed by atoms with van der Waals surface area (Å²) < 4.78 is 5.87. The molecule has 1 fully saturated rings. The highest BCUT2D eigenvalue weighted by Gasteiger charge is 2.17. The van der Waals surface area contributed by atoms with Crippen molar-refractivity contribution in [3.8, 4) is 0 Å². The van der Waals surface area contributed by atoms with Gasteiger partial charge in [-0.2, -0.15) is 0 Å². The van der Waals surface area contributed by atoms with Gasteiger partial charge in [0.05, 0.1) is 6.10 Å². The van der Waals surface area contributed by atoms with Gasteiger partial charge in [-0.1, -0.05) is 44.5 Å². The van der Waals surface area contributed by atoms with E-state index in [0.717, 1.165) is 13.2 Å². The molecular formula is C19H31NO. The normalized spacial score (nSPS) is 20.4. The average molecular weight is 289 g/mol. The molecule has 2 nitrogen and oxygen atoms in total. The molecule has 0 amide bonds. The van der Waals surface area contributed by atoms with Gasteiger partial charge in [0.25, 0.3) is 0 Å². The van der Waals surface area contributed by atoms with Crippen LogP contribution in [0.4, 0.5) is 0 Å². The van der Waals surface area contributed by atoms with Crippen LogP contribution in [-0.4, -0.2) is 19.3 Å². The quantitative estimate of drug-likeness (QED) is 0.753. The number of aryl methyl sites for hydroxylation is 1. The molecular weight excluding hydrogens is 258 g/mol. The van der Waals surface area contributed by atoms with E-state index in [9.17, 15) is 0 Å². The third-order valence-electron chi connectivity index (χ3n) is 4.42. The second-order valence-electron chi connectivity index (χ2n) is 6.17. The highest BCUT2D eigenvalue weighted by molar-refractivity contribution is 5.25. The van der Waals surface area contributed by atoms with E-state index in [1.807, 2.05) is 0 Å². The van der Waals surface area contributed by atoms with Gasteiger partial charge in [-0.3, -0.25) is 0 Å². The Kier molecular flexibility index (Phi) is 7.25. The first kappa shape index (κ1) is 16.5. The van der Waals surface area contributed by atoms with Gasteiger partial charge in [0.15, 0.2) is 0 Å². The number of rotatable bonds is 8. The second-order valence-corrected chi connectivity index (χ2v) is 6.17. The molecule has 0 spiro atoms. The standard InChI is InChI=1S/C19H31NO/c1-3-7-16-9-11-17(12-10-16)19(20-4-2)14-13-18-8-5-6-15-21-18/h9-12,18-20H,3-8,13-15H2,1-2H3. The van der Waals surface area contributed by atoms with Crippen molar-refractivity contribution in [3.63, 3.8) is 0 Å². The number of ether oxygens (including phenoxy) is 1. The first-order valence-electron chi connectivity index (χ1n) is 8.77. The summed E-state index contributed by atoms with van der Waals surface area (Å²) >= 11 is 0. The Morgan fingerprint density at radius 1 is 1.19 bits per heavy atom. The van der Waals surface area contributed by atoms with E-state index in [-0.39, 0.29) is 0 Å². The fraction of sp³-hybridized carbons (Fsp3) is 0.684.